The van der Waals surface area contributed by atoms with Crippen molar-refractivity contribution in [3.8, 4) is 11.5 Å². The summed E-state index contributed by atoms with van der Waals surface area (Å²) in [7, 11) is 3.06. The molecular weight excluding hydrogens is 348 g/mol. The molecule has 1 aromatic carbocycles. The van der Waals surface area contributed by atoms with E-state index in [1.807, 2.05) is 11.0 Å². The molecule has 1 fully saturated rings. The summed E-state index contributed by atoms with van der Waals surface area (Å²) in [4.78, 5) is 18.0. The molecule has 1 aliphatic rings. The van der Waals surface area contributed by atoms with E-state index in [9.17, 15) is 15.0 Å². The van der Waals surface area contributed by atoms with Crippen molar-refractivity contribution in [2.75, 3.05) is 27.3 Å². The maximum absolute atomic E-state index is 12.0. The van der Waals surface area contributed by atoms with Gasteiger partial charge in [0.05, 0.1) is 19.8 Å². The fourth-order valence-corrected chi connectivity index (χ4v) is 3.58. The Hall–Kier alpha value is -2.64. The fourth-order valence-electron chi connectivity index (χ4n) is 3.58. The molecule has 7 heteroatoms. The number of carboxylic acids is 1. The maximum Gasteiger partial charge on any atom is 0.325 e. The van der Waals surface area contributed by atoms with E-state index < -0.39 is 17.6 Å². The van der Waals surface area contributed by atoms with E-state index in [2.05, 4.69) is 4.98 Å². The van der Waals surface area contributed by atoms with Crippen LogP contribution in [0.5, 0.6) is 11.5 Å². The lowest BCUT2D eigenvalue weighted by atomic mass is 9.84. The molecule has 1 aliphatic heterocycles. The minimum absolute atomic E-state index is 0.434. The van der Waals surface area contributed by atoms with E-state index in [0.717, 1.165) is 5.56 Å². The first-order valence-electron chi connectivity index (χ1n) is 8.79. The minimum atomic E-state index is -0.986. The molecule has 3 rings (SSSR count). The molecule has 27 heavy (non-hydrogen) atoms. The SMILES string of the molecule is COc1cc(OC)cc(C(C(=O)O)N2CCC(O)(c3cccnc3)CC2)c1. The molecule has 1 unspecified atom stereocenters. The summed E-state index contributed by atoms with van der Waals surface area (Å²) in [5, 5.41) is 20.8. The molecule has 2 heterocycles. The van der Waals surface area contributed by atoms with Gasteiger partial charge in [-0.2, -0.15) is 0 Å². The van der Waals surface area contributed by atoms with Gasteiger partial charge in [0, 0.05) is 37.1 Å². The summed E-state index contributed by atoms with van der Waals surface area (Å²) >= 11 is 0. The third-order valence-electron chi connectivity index (χ3n) is 5.11. The topological polar surface area (TPSA) is 92.1 Å². The van der Waals surface area contributed by atoms with Crippen LogP contribution in [0.4, 0.5) is 0 Å². The Labute approximate surface area is 158 Å². The van der Waals surface area contributed by atoms with Gasteiger partial charge in [0.2, 0.25) is 0 Å². The van der Waals surface area contributed by atoms with Crippen molar-refractivity contribution < 1.29 is 24.5 Å². The first-order valence-corrected chi connectivity index (χ1v) is 8.79. The van der Waals surface area contributed by atoms with Gasteiger partial charge in [-0.05, 0) is 36.6 Å². The molecule has 0 amide bonds. The van der Waals surface area contributed by atoms with Crippen LogP contribution in [0, 0.1) is 0 Å². The molecule has 0 aliphatic carbocycles. The van der Waals surface area contributed by atoms with Gasteiger partial charge in [-0.25, -0.2) is 0 Å². The van der Waals surface area contributed by atoms with E-state index in [1.54, 1.807) is 36.7 Å². The molecule has 2 aromatic rings. The summed E-state index contributed by atoms with van der Waals surface area (Å²) < 4.78 is 10.5. The number of aromatic nitrogens is 1. The van der Waals surface area contributed by atoms with Crippen LogP contribution in [-0.2, 0) is 10.4 Å². The molecule has 1 saturated heterocycles. The number of pyridine rings is 1. The standard InChI is InChI=1S/C20H24N2O5/c1-26-16-10-14(11-17(12-16)27-2)18(19(23)24)22-8-5-20(25,6-9-22)15-4-3-7-21-13-15/h3-4,7,10-13,18,25H,5-6,8-9H2,1-2H3,(H,23,24). The van der Waals surface area contributed by atoms with E-state index >= 15 is 0 Å². The summed E-state index contributed by atoms with van der Waals surface area (Å²) in [6.45, 7) is 0.893. The van der Waals surface area contributed by atoms with Crippen LogP contribution in [0.2, 0.25) is 0 Å². The van der Waals surface area contributed by atoms with E-state index in [4.69, 9.17) is 9.47 Å². The monoisotopic (exact) mass is 372 g/mol. The molecule has 0 bridgehead atoms. The van der Waals surface area contributed by atoms with Gasteiger partial charge in [-0.15, -0.1) is 0 Å². The molecule has 144 valence electrons. The average Bonchev–Trinajstić information content (AvgIpc) is 2.70. The second-order valence-corrected chi connectivity index (χ2v) is 6.70. The zero-order valence-corrected chi connectivity index (χ0v) is 15.5. The van der Waals surface area contributed by atoms with E-state index in [1.165, 1.54) is 14.2 Å². The summed E-state index contributed by atoms with van der Waals surface area (Å²) in [6.07, 6.45) is 4.20. The number of hydrogen-bond acceptors (Lipinski definition) is 6. The van der Waals surface area contributed by atoms with Crippen molar-refractivity contribution in [2.45, 2.75) is 24.5 Å². The molecule has 7 nitrogen and oxygen atoms in total. The lowest BCUT2D eigenvalue weighted by Gasteiger charge is -2.40. The summed E-state index contributed by atoms with van der Waals surface area (Å²) in [5.41, 5.74) is 0.366. The van der Waals surface area contributed by atoms with Gasteiger partial charge in [0.1, 0.15) is 17.5 Å². The third kappa shape index (κ3) is 4.04. The highest BCUT2D eigenvalue weighted by Crippen LogP contribution is 2.37. The van der Waals surface area contributed by atoms with Crippen molar-refractivity contribution in [3.63, 3.8) is 0 Å². The van der Waals surface area contributed by atoms with Gasteiger partial charge in [0.15, 0.2) is 0 Å². The third-order valence-corrected chi connectivity index (χ3v) is 5.11. The Balaban J connectivity index is 1.83. The number of carbonyl (C=O) groups is 1. The predicted octanol–water partition coefficient (Wildman–Crippen LogP) is 2.21. The Morgan fingerprint density at radius 3 is 2.30 bits per heavy atom. The number of aliphatic hydroxyl groups is 1. The van der Waals surface area contributed by atoms with Gasteiger partial charge < -0.3 is 19.7 Å². The lowest BCUT2D eigenvalue weighted by Crippen LogP contribution is -2.46. The fraction of sp³-hybridized carbons (Fsp3) is 0.400. The Morgan fingerprint density at radius 2 is 1.81 bits per heavy atom. The number of likely N-dealkylation sites (tertiary alicyclic amines) is 1. The molecule has 0 radical (unpaired) electrons. The number of nitrogens with zero attached hydrogens (tertiary/aromatic N) is 2. The van der Waals surface area contributed by atoms with Crippen molar-refractivity contribution in [2.24, 2.45) is 0 Å². The van der Waals surface area contributed by atoms with E-state index in [0.29, 0.717) is 43.0 Å². The number of piperidine rings is 1. The molecule has 1 aromatic heterocycles. The van der Waals surface area contributed by atoms with Crippen LogP contribution in [0.15, 0.2) is 42.7 Å². The van der Waals surface area contributed by atoms with Gasteiger partial charge in [-0.3, -0.25) is 14.7 Å². The van der Waals surface area contributed by atoms with Gasteiger partial charge in [-0.1, -0.05) is 6.07 Å². The Kier molecular flexibility index (Phi) is 5.62. The molecule has 0 saturated carbocycles. The number of benzene rings is 1. The number of rotatable bonds is 6. The number of aliphatic carboxylic acids is 1. The quantitative estimate of drug-likeness (QED) is 0.803. The Morgan fingerprint density at radius 1 is 1.19 bits per heavy atom. The smallest absolute Gasteiger partial charge is 0.325 e. The predicted molar refractivity (Wildman–Crippen MR) is 98.9 cm³/mol. The van der Waals surface area contributed by atoms with Crippen LogP contribution < -0.4 is 9.47 Å². The zero-order valence-electron chi connectivity index (χ0n) is 15.5. The van der Waals surface area contributed by atoms with Gasteiger partial charge in [0.25, 0.3) is 0 Å². The first-order chi connectivity index (χ1) is 13.0. The largest absolute Gasteiger partial charge is 0.497 e. The highest BCUT2D eigenvalue weighted by atomic mass is 16.5. The van der Waals surface area contributed by atoms with Crippen LogP contribution in [0.3, 0.4) is 0 Å². The summed E-state index contributed by atoms with van der Waals surface area (Å²) in [5.74, 6) is 0.135. The summed E-state index contributed by atoms with van der Waals surface area (Å²) in [6, 6.07) is 7.94. The van der Waals surface area contributed by atoms with E-state index in [-0.39, 0.29) is 0 Å². The Bertz CT molecular complexity index is 766. The molecule has 1 atom stereocenters. The van der Waals surface area contributed by atoms with Crippen LogP contribution in [0.1, 0.15) is 30.0 Å². The maximum atomic E-state index is 12.0. The van der Waals surface area contributed by atoms with Crippen molar-refractivity contribution >= 4 is 5.97 Å². The lowest BCUT2D eigenvalue weighted by molar-refractivity contribution is -0.146. The van der Waals surface area contributed by atoms with Crippen molar-refractivity contribution in [3.05, 3.63) is 53.9 Å². The van der Waals surface area contributed by atoms with Crippen molar-refractivity contribution in [1.82, 2.24) is 9.88 Å². The second-order valence-electron chi connectivity index (χ2n) is 6.70. The molecule has 2 N–H and O–H groups in total. The second kappa shape index (κ2) is 7.94. The highest BCUT2D eigenvalue weighted by molar-refractivity contribution is 5.76. The first kappa shape index (κ1) is 19.1. The number of ether oxygens (including phenoxy) is 2. The van der Waals surface area contributed by atoms with Gasteiger partial charge >= 0.3 is 5.97 Å². The zero-order chi connectivity index (χ0) is 19.4. The number of hydrogen-bond donors (Lipinski definition) is 2. The molecule has 0 spiro atoms. The minimum Gasteiger partial charge on any atom is -0.497 e. The van der Waals surface area contributed by atoms with Crippen LogP contribution in [0.25, 0.3) is 0 Å². The number of carboxylic acid groups (broad SMARTS) is 1. The highest BCUT2D eigenvalue weighted by Gasteiger charge is 2.38. The van der Waals surface area contributed by atoms with Crippen LogP contribution in [-0.4, -0.2) is 53.4 Å². The molecular formula is C20H24N2O5. The average molecular weight is 372 g/mol. The normalized spacial score (nSPS) is 17.9. The number of methoxy groups -OCH3 is 2. The van der Waals surface area contributed by atoms with Crippen LogP contribution >= 0.6 is 0 Å². The van der Waals surface area contributed by atoms with Crippen molar-refractivity contribution in [1.29, 1.82) is 0 Å².